The van der Waals surface area contributed by atoms with Gasteiger partial charge in [0.05, 0.1) is 38.8 Å². The van der Waals surface area contributed by atoms with E-state index in [1.165, 1.54) is 40.1 Å². The molecule has 0 saturated carbocycles. The van der Waals surface area contributed by atoms with Crippen LogP contribution in [0.5, 0.6) is 0 Å². The number of rotatable bonds is 7. The lowest BCUT2D eigenvalue weighted by Gasteiger charge is -2.23. The summed E-state index contributed by atoms with van der Waals surface area (Å²) in [5.41, 5.74) is 3.53. The van der Waals surface area contributed by atoms with Gasteiger partial charge in [0.1, 0.15) is 23.9 Å². The molecule has 0 fully saturated rings. The van der Waals surface area contributed by atoms with Crippen molar-refractivity contribution in [2.45, 2.75) is 11.8 Å². The number of aromatic nitrogens is 3. The number of halogens is 2. The first-order valence-corrected chi connectivity index (χ1v) is 15.1. The minimum absolute atomic E-state index is 0.108. The molecule has 206 valence electrons. The lowest BCUT2D eigenvalue weighted by Crippen LogP contribution is -2.42. The summed E-state index contributed by atoms with van der Waals surface area (Å²) in [6.07, 6.45) is 1.66. The summed E-state index contributed by atoms with van der Waals surface area (Å²) >= 11 is 9.60. The van der Waals surface area contributed by atoms with Gasteiger partial charge in [-0.15, -0.1) is 23.1 Å². The van der Waals surface area contributed by atoms with Crippen molar-refractivity contribution in [1.82, 2.24) is 20.1 Å². The van der Waals surface area contributed by atoms with Gasteiger partial charge in [0.2, 0.25) is 11.8 Å². The molecule has 2 amide bonds. The van der Waals surface area contributed by atoms with Crippen molar-refractivity contribution in [2.24, 2.45) is 0 Å². The topological polar surface area (TPSA) is 80.1 Å². The standard InChI is InChI=1S/C30H23ClFN5O2S2/c31-22-7-1-2-8-23(22)37-30-27(28(35-37)24-9-5-15-40-24)29(19-10-12-20(32)13-11-19)41-18-26(39)36(30)17-25(38)34-16-21-6-3-4-14-33-21/h1-15,29H,16-18H2,(H,34,38)/t29-/m0/s1. The molecule has 0 bridgehead atoms. The van der Waals surface area contributed by atoms with E-state index in [0.29, 0.717) is 27.9 Å². The van der Waals surface area contributed by atoms with Crippen molar-refractivity contribution in [2.75, 3.05) is 17.2 Å². The SMILES string of the molecule is O=C(CN1C(=O)CS[C@@H](c2ccc(F)cc2)c2c(-c3cccs3)nn(-c3ccccc3Cl)c21)NCc1ccccn1. The van der Waals surface area contributed by atoms with Crippen LogP contribution in [0.2, 0.25) is 5.02 Å². The Kier molecular flexibility index (Phi) is 7.86. The normalized spacial score (nSPS) is 14.9. The molecule has 0 spiro atoms. The van der Waals surface area contributed by atoms with Crippen LogP contribution in [0, 0.1) is 5.82 Å². The van der Waals surface area contributed by atoms with E-state index >= 15 is 0 Å². The Balaban J connectivity index is 1.51. The van der Waals surface area contributed by atoms with Crippen LogP contribution in [-0.2, 0) is 16.1 Å². The fourth-order valence-corrected chi connectivity index (χ4v) is 6.84. The molecule has 41 heavy (non-hydrogen) atoms. The van der Waals surface area contributed by atoms with Crippen molar-refractivity contribution in [3.05, 3.63) is 118 Å². The van der Waals surface area contributed by atoms with Crippen molar-refractivity contribution in [3.8, 4) is 16.3 Å². The number of nitrogens with zero attached hydrogens (tertiary/aromatic N) is 4. The number of hydrogen-bond donors (Lipinski definition) is 1. The molecule has 1 aliphatic heterocycles. The predicted octanol–water partition coefficient (Wildman–Crippen LogP) is 6.27. The van der Waals surface area contributed by atoms with Crippen LogP contribution >= 0.6 is 34.7 Å². The van der Waals surface area contributed by atoms with Crippen LogP contribution in [0.4, 0.5) is 10.2 Å². The van der Waals surface area contributed by atoms with Gasteiger partial charge in [-0.05, 0) is 53.4 Å². The number of pyridine rings is 1. The molecule has 7 nitrogen and oxygen atoms in total. The molecular formula is C30H23ClFN5O2S2. The van der Waals surface area contributed by atoms with Crippen molar-refractivity contribution >= 4 is 52.3 Å². The van der Waals surface area contributed by atoms with Crippen molar-refractivity contribution in [3.63, 3.8) is 0 Å². The first-order valence-electron chi connectivity index (χ1n) is 12.8. The fourth-order valence-electron chi connectivity index (χ4n) is 4.70. The Hall–Kier alpha value is -3.99. The average Bonchev–Trinajstić information content (AvgIpc) is 3.63. The molecule has 11 heteroatoms. The highest BCUT2D eigenvalue weighted by molar-refractivity contribution is 8.00. The van der Waals surface area contributed by atoms with E-state index in [1.807, 2.05) is 47.8 Å². The molecule has 4 heterocycles. The lowest BCUT2D eigenvalue weighted by atomic mass is 10.0. The molecular weight excluding hydrogens is 581 g/mol. The Bertz CT molecular complexity index is 1690. The molecule has 3 aromatic heterocycles. The summed E-state index contributed by atoms with van der Waals surface area (Å²) in [7, 11) is 0. The van der Waals surface area contributed by atoms with Crippen LogP contribution in [0.25, 0.3) is 16.3 Å². The maximum Gasteiger partial charge on any atom is 0.240 e. The zero-order valence-electron chi connectivity index (χ0n) is 21.5. The number of carbonyl (C=O) groups is 2. The number of thiophene rings is 1. The largest absolute Gasteiger partial charge is 0.349 e. The van der Waals surface area contributed by atoms with Crippen LogP contribution < -0.4 is 10.2 Å². The number of amides is 2. The Morgan fingerprint density at radius 1 is 1.05 bits per heavy atom. The Morgan fingerprint density at radius 2 is 1.85 bits per heavy atom. The third-order valence-electron chi connectivity index (χ3n) is 6.59. The minimum Gasteiger partial charge on any atom is -0.349 e. The van der Waals surface area contributed by atoms with E-state index in [2.05, 4.69) is 10.3 Å². The second kappa shape index (κ2) is 11.9. The number of nitrogens with one attached hydrogen (secondary N) is 1. The number of fused-ring (bicyclic) bond motifs is 1. The van der Waals surface area contributed by atoms with E-state index in [0.717, 1.165) is 16.0 Å². The number of thioether (sulfide) groups is 1. The first-order chi connectivity index (χ1) is 20.0. The zero-order chi connectivity index (χ0) is 28.3. The van der Waals surface area contributed by atoms with Gasteiger partial charge < -0.3 is 5.32 Å². The highest BCUT2D eigenvalue weighted by Crippen LogP contribution is 2.49. The summed E-state index contributed by atoms with van der Waals surface area (Å²) in [5, 5.41) is 9.92. The molecule has 1 atom stereocenters. The average molecular weight is 604 g/mol. The van der Waals surface area contributed by atoms with Gasteiger partial charge in [0, 0.05) is 11.8 Å². The second-order valence-corrected chi connectivity index (χ2v) is 11.7. The molecule has 6 rings (SSSR count). The van der Waals surface area contributed by atoms with E-state index in [1.54, 1.807) is 35.1 Å². The summed E-state index contributed by atoms with van der Waals surface area (Å²) in [6.45, 7) is 0.00112. The van der Waals surface area contributed by atoms with E-state index in [9.17, 15) is 14.0 Å². The summed E-state index contributed by atoms with van der Waals surface area (Å²) in [5.74, 6) is -0.375. The van der Waals surface area contributed by atoms with E-state index < -0.39 is 0 Å². The molecule has 1 aliphatic rings. The van der Waals surface area contributed by atoms with Crippen LogP contribution in [0.3, 0.4) is 0 Å². The van der Waals surface area contributed by atoms with Crippen LogP contribution in [0.15, 0.2) is 90.4 Å². The molecule has 2 aromatic carbocycles. The quantitative estimate of drug-likeness (QED) is 0.237. The van der Waals surface area contributed by atoms with E-state index in [-0.39, 0.29) is 41.7 Å². The maximum absolute atomic E-state index is 13.9. The van der Waals surface area contributed by atoms with Gasteiger partial charge in [-0.2, -0.15) is 5.10 Å². The molecule has 5 aromatic rings. The van der Waals surface area contributed by atoms with Gasteiger partial charge in [-0.25, -0.2) is 9.07 Å². The highest BCUT2D eigenvalue weighted by Gasteiger charge is 2.38. The summed E-state index contributed by atoms with van der Waals surface area (Å²) in [6, 6.07) is 22.9. The monoisotopic (exact) mass is 603 g/mol. The molecule has 0 radical (unpaired) electrons. The van der Waals surface area contributed by atoms with Crippen molar-refractivity contribution in [1.29, 1.82) is 0 Å². The Morgan fingerprint density at radius 3 is 2.59 bits per heavy atom. The minimum atomic E-state index is -0.357. The first kappa shape index (κ1) is 27.2. The smallest absolute Gasteiger partial charge is 0.240 e. The predicted molar refractivity (Wildman–Crippen MR) is 161 cm³/mol. The number of anilines is 1. The summed E-state index contributed by atoms with van der Waals surface area (Å²) < 4.78 is 15.6. The van der Waals surface area contributed by atoms with E-state index in [4.69, 9.17) is 16.7 Å². The van der Waals surface area contributed by atoms with Gasteiger partial charge in [-0.3, -0.25) is 19.5 Å². The van der Waals surface area contributed by atoms with Gasteiger partial charge in [0.15, 0.2) is 0 Å². The maximum atomic E-state index is 13.9. The van der Waals surface area contributed by atoms with Gasteiger partial charge >= 0.3 is 0 Å². The third kappa shape index (κ3) is 5.63. The number of benzene rings is 2. The van der Waals surface area contributed by atoms with Crippen LogP contribution in [-0.4, -0.2) is 38.9 Å². The van der Waals surface area contributed by atoms with Crippen LogP contribution in [0.1, 0.15) is 22.1 Å². The lowest BCUT2D eigenvalue weighted by molar-refractivity contribution is -0.123. The van der Waals surface area contributed by atoms with Crippen molar-refractivity contribution < 1.29 is 14.0 Å². The molecule has 1 N–H and O–H groups in total. The molecule has 0 aliphatic carbocycles. The number of para-hydroxylation sites is 1. The zero-order valence-corrected chi connectivity index (χ0v) is 23.9. The number of carbonyl (C=O) groups excluding carboxylic acids is 2. The van der Waals surface area contributed by atoms with Gasteiger partial charge in [-0.1, -0.05) is 48.0 Å². The Labute approximate surface area is 249 Å². The third-order valence-corrected chi connectivity index (χ3v) is 9.04. The molecule has 0 unspecified atom stereocenters. The summed E-state index contributed by atoms with van der Waals surface area (Å²) in [4.78, 5) is 33.7. The fraction of sp³-hybridized carbons (Fsp3) is 0.133. The molecule has 0 saturated heterocycles. The number of hydrogen-bond acceptors (Lipinski definition) is 6. The highest BCUT2D eigenvalue weighted by atomic mass is 35.5. The van der Waals surface area contributed by atoms with Gasteiger partial charge in [0.25, 0.3) is 0 Å². The second-order valence-electron chi connectivity index (χ2n) is 9.25.